The average Bonchev–Trinajstić information content (AvgIpc) is 2.84. The standard InChI is InChI=1S/C17H23N3O4/c1-6-24-16(22)17(8-7-9-18)11-14(10-15(19-4)23-5)12(2)20(17)13(3)21/h10H,4,6-8,11H2,1-3,5H3/b15-10+. The van der Waals surface area contributed by atoms with Crippen LogP contribution in [0.25, 0.3) is 0 Å². The molecule has 0 aromatic carbocycles. The van der Waals surface area contributed by atoms with E-state index in [4.69, 9.17) is 14.7 Å². The fourth-order valence-electron chi connectivity index (χ4n) is 2.99. The number of nitriles is 1. The maximum atomic E-state index is 12.7. The van der Waals surface area contributed by atoms with Gasteiger partial charge in [0.1, 0.15) is 5.54 Å². The van der Waals surface area contributed by atoms with Gasteiger partial charge in [0, 0.05) is 31.5 Å². The first kappa shape index (κ1) is 19.4. The zero-order valence-corrected chi connectivity index (χ0v) is 14.6. The number of hydrogen-bond donors (Lipinski definition) is 0. The van der Waals surface area contributed by atoms with Gasteiger partial charge in [-0.2, -0.15) is 5.26 Å². The fourth-order valence-corrected chi connectivity index (χ4v) is 2.99. The minimum absolute atomic E-state index is 0.129. The number of aliphatic imine (C=N–C) groups is 1. The van der Waals surface area contributed by atoms with Gasteiger partial charge in [0.05, 0.1) is 19.8 Å². The molecule has 1 unspecified atom stereocenters. The van der Waals surface area contributed by atoms with Gasteiger partial charge in [-0.25, -0.2) is 9.79 Å². The van der Waals surface area contributed by atoms with Gasteiger partial charge in [-0.1, -0.05) is 0 Å². The molecule has 1 aliphatic heterocycles. The summed E-state index contributed by atoms with van der Waals surface area (Å²) in [7, 11) is 1.46. The number of hydrogen-bond acceptors (Lipinski definition) is 6. The van der Waals surface area contributed by atoms with Gasteiger partial charge in [0.25, 0.3) is 0 Å². The highest BCUT2D eigenvalue weighted by atomic mass is 16.5. The molecule has 0 bridgehead atoms. The molecule has 0 saturated carbocycles. The maximum absolute atomic E-state index is 12.7. The van der Waals surface area contributed by atoms with Crippen molar-refractivity contribution in [1.82, 2.24) is 4.90 Å². The molecule has 0 fully saturated rings. The molecule has 7 heteroatoms. The number of nitrogens with zero attached hydrogens (tertiary/aromatic N) is 3. The lowest BCUT2D eigenvalue weighted by molar-refractivity contribution is -0.160. The van der Waals surface area contributed by atoms with Crippen molar-refractivity contribution >= 4 is 18.6 Å². The van der Waals surface area contributed by atoms with Crippen LogP contribution in [0.2, 0.25) is 0 Å². The second-order valence-electron chi connectivity index (χ2n) is 5.40. The van der Waals surface area contributed by atoms with E-state index in [1.54, 1.807) is 19.9 Å². The van der Waals surface area contributed by atoms with Crippen LogP contribution in [0.3, 0.4) is 0 Å². The summed E-state index contributed by atoms with van der Waals surface area (Å²) < 4.78 is 10.3. The van der Waals surface area contributed by atoms with Gasteiger partial charge in [0.2, 0.25) is 11.8 Å². The van der Waals surface area contributed by atoms with Gasteiger partial charge in [-0.05, 0) is 32.6 Å². The highest BCUT2D eigenvalue weighted by Crippen LogP contribution is 2.42. The molecule has 130 valence electrons. The number of methoxy groups -OCH3 is 1. The van der Waals surface area contributed by atoms with Crippen molar-refractivity contribution in [3.05, 3.63) is 23.2 Å². The summed E-state index contributed by atoms with van der Waals surface area (Å²) in [5.41, 5.74) is 0.125. The van der Waals surface area contributed by atoms with Crippen LogP contribution in [0.1, 0.15) is 40.0 Å². The Labute approximate surface area is 142 Å². The minimum Gasteiger partial charge on any atom is -0.481 e. The summed E-state index contributed by atoms with van der Waals surface area (Å²) >= 11 is 0. The number of carbonyl (C=O) groups is 2. The molecule has 0 aromatic rings. The van der Waals surface area contributed by atoms with Crippen molar-refractivity contribution in [3.63, 3.8) is 0 Å². The molecule has 1 aliphatic rings. The predicted octanol–water partition coefficient (Wildman–Crippen LogP) is 2.31. The Bertz CT molecular complexity index is 630. The summed E-state index contributed by atoms with van der Waals surface area (Å²) in [6.45, 7) is 8.46. The molecule has 0 aliphatic carbocycles. The molecule has 0 spiro atoms. The maximum Gasteiger partial charge on any atom is 0.332 e. The Balaban J connectivity index is 3.42. The quantitative estimate of drug-likeness (QED) is 0.405. The van der Waals surface area contributed by atoms with Crippen molar-refractivity contribution in [2.45, 2.75) is 45.6 Å². The van der Waals surface area contributed by atoms with Crippen molar-refractivity contribution in [2.24, 2.45) is 4.99 Å². The lowest BCUT2D eigenvalue weighted by Gasteiger charge is -2.36. The molecule has 0 aromatic heterocycles. The Morgan fingerprint density at radius 2 is 2.21 bits per heavy atom. The fraction of sp³-hybridized carbons (Fsp3) is 0.529. The van der Waals surface area contributed by atoms with E-state index in [1.165, 1.54) is 18.9 Å². The summed E-state index contributed by atoms with van der Waals surface area (Å²) in [6.07, 6.45) is 2.21. The van der Waals surface area contributed by atoms with Gasteiger partial charge in [-0.3, -0.25) is 9.69 Å². The van der Waals surface area contributed by atoms with Crippen LogP contribution in [0.5, 0.6) is 0 Å². The SMILES string of the molecule is C=N/C(=C\C1=C(C)N(C(C)=O)C(CCC#N)(C(=O)OCC)C1)OC. The number of esters is 1. The number of allylic oxidation sites excluding steroid dienone is 2. The lowest BCUT2D eigenvalue weighted by atomic mass is 9.88. The smallest absolute Gasteiger partial charge is 0.332 e. The molecule has 0 saturated heterocycles. The van der Waals surface area contributed by atoms with Crippen molar-refractivity contribution in [2.75, 3.05) is 13.7 Å². The van der Waals surface area contributed by atoms with Crippen LogP contribution < -0.4 is 0 Å². The third kappa shape index (κ3) is 3.65. The first-order valence-electron chi connectivity index (χ1n) is 7.65. The van der Waals surface area contributed by atoms with Gasteiger partial charge in [-0.15, -0.1) is 0 Å². The second kappa shape index (κ2) is 8.29. The molecule has 1 amide bonds. The largest absolute Gasteiger partial charge is 0.481 e. The first-order valence-corrected chi connectivity index (χ1v) is 7.65. The second-order valence-corrected chi connectivity index (χ2v) is 5.40. The Morgan fingerprint density at radius 3 is 2.67 bits per heavy atom. The third-order valence-electron chi connectivity index (χ3n) is 3.99. The predicted molar refractivity (Wildman–Crippen MR) is 88.7 cm³/mol. The molecular weight excluding hydrogens is 310 g/mol. The highest BCUT2D eigenvalue weighted by molar-refractivity contribution is 5.90. The van der Waals surface area contributed by atoms with E-state index in [2.05, 4.69) is 11.7 Å². The van der Waals surface area contributed by atoms with E-state index in [9.17, 15) is 9.59 Å². The molecule has 1 heterocycles. The molecular formula is C17H23N3O4. The summed E-state index contributed by atoms with van der Waals surface area (Å²) in [5.74, 6) is -0.510. The summed E-state index contributed by atoms with van der Waals surface area (Å²) in [6, 6.07) is 2.04. The highest BCUT2D eigenvalue weighted by Gasteiger charge is 2.52. The molecule has 1 rings (SSSR count). The van der Waals surface area contributed by atoms with Crippen molar-refractivity contribution in [3.8, 4) is 6.07 Å². The van der Waals surface area contributed by atoms with E-state index in [0.29, 0.717) is 5.70 Å². The van der Waals surface area contributed by atoms with Crippen LogP contribution in [0.15, 0.2) is 28.2 Å². The molecule has 0 N–H and O–H groups in total. The molecule has 24 heavy (non-hydrogen) atoms. The third-order valence-corrected chi connectivity index (χ3v) is 3.99. The molecule has 1 atom stereocenters. The van der Waals surface area contributed by atoms with Crippen LogP contribution in [0, 0.1) is 11.3 Å². The van der Waals surface area contributed by atoms with E-state index in [0.717, 1.165) is 5.57 Å². The van der Waals surface area contributed by atoms with Crippen LogP contribution in [-0.2, 0) is 19.1 Å². The average molecular weight is 333 g/mol. The zero-order chi connectivity index (χ0) is 18.3. The van der Waals surface area contributed by atoms with E-state index >= 15 is 0 Å². The van der Waals surface area contributed by atoms with Crippen molar-refractivity contribution in [1.29, 1.82) is 5.26 Å². The Kier molecular flexibility index (Phi) is 6.71. The number of ether oxygens (including phenoxy) is 2. The van der Waals surface area contributed by atoms with Crippen LogP contribution in [-0.4, -0.2) is 42.7 Å². The van der Waals surface area contributed by atoms with E-state index in [-0.39, 0.29) is 37.7 Å². The van der Waals surface area contributed by atoms with Crippen LogP contribution in [0.4, 0.5) is 0 Å². The summed E-state index contributed by atoms with van der Waals surface area (Å²) in [5, 5.41) is 8.96. The van der Waals surface area contributed by atoms with Gasteiger partial charge >= 0.3 is 5.97 Å². The van der Waals surface area contributed by atoms with E-state index in [1.807, 2.05) is 6.07 Å². The number of rotatable bonds is 7. The Hall–Kier alpha value is -2.62. The normalized spacial score (nSPS) is 20.6. The Morgan fingerprint density at radius 1 is 1.54 bits per heavy atom. The summed E-state index contributed by atoms with van der Waals surface area (Å²) in [4.78, 5) is 30.1. The number of amides is 1. The zero-order valence-electron chi connectivity index (χ0n) is 14.6. The monoisotopic (exact) mass is 333 g/mol. The molecule has 7 nitrogen and oxygen atoms in total. The van der Waals surface area contributed by atoms with Crippen molar-refractivity contribution < 1.29 is 19.1 Å². The van der Waals surface area contributed by atoms with Gasteiger partial charge < -0.3 is 9.47 Å². The van der Waals surface area contributed by atoms with Gasteiger partial charge in [0.15, 0.2) is 0 Å². The van der Waals surface area contributed by atoms with Crippen LogP contribution >= 0.6 is 0 Å². The van der Waals surface area contributed by atoms with E-state index < -0.39 is 11.5 Å². The number of carbonyl (C=O) groups excluding carboxylic acids is 2. The molecule has 0 radical (unpaired) electrons. The topological polar surface area (TPSA) is 92.0 Å². The lowest BCUT2D eigenvalue weighted by Crippen LogP contribution is -2.53. The minimum atomic E-state index is -1.21. The first-order chi connectivity index (χ1) is 11.4.